The number of carbonyl (C=O) groups excluding carboxylic acids is 3. The van der Waals surface area contributed by atoms with Crippen LogP contribution in [0.15, 0.2) is 72.9 Å². The van der Waals surface area contributed by atoms with E-state index in [1.165, 1.54) is 128 Å². The van der Waals surface area contributed by atoms with Gasteiger partial charge in [-0.05, 0) is 103 Å². The molecule has 63 heavy (non-hydrogen) atoms. The van der Waals surface area contributed by atoms with Gasteiger partial charge >= 0.3 is 17.9 Å². The highest BCUT2D eigenvalue weighted by Gasteiger charge is 2.19. The molecule has 0 saturated carbocycles. The summed E-state index contributed by atoms with van der Waals surface area (Å²) in [4.78, 5) is 37.9. The highest BCUT2D eigenvalue weighted by atomic mass is 16.6. The van der Waals surface area contributed by atoms with Crippen molar-refractivity contribution in [2.24, 2.45) is 0 Å². The van der Waals surface area contributed by atoms with Crippen LogP contribution < -0.4 is 0 Å². The Morgan fingerprint density at radius 1 is 0.317 bits per heavy atom. The van der Waals surface area contributed by atoms with Crippen LogP contribution in [0.4, 0.5) is 0 Å². The van der Waals surface area contributed by atoms with Gasteiger partial charge in [-0.2, -0.15) is 0 Å². The Bertz CT molecular complexity index is 1190. The van der Waals surface area contributed by atoms with Gasteiger partial charge in [0.15, 0.2) is 6.10 Å². The number of allylic oxidation sites excluding steroid dienone is 12. The number of ether oxygens (including phenoxy) is 3. The van der Waals surface area contributed by atoms with Gasteiger partial charge in [0.05, 0.1) is 0 Å². The molecule has 362 valence electrons. The Morgan fingerprint density at radius 2 is 0.603 bits per heavy atom. The summed E-state index contributed by atoms with van der Waals surface area (Å²) in [5.41, 5.74) is 0. The van der Waals surface area contributed by atoms with Crippen molar-refractivity contribution < 1.29 is 28.6 Å². The molecule has 0 spiro atoms. The predicted molar refractivity (Wildman–Crippen MR) is 270 cm³/mol. The van der Waals surface area contributed by atoms with Gasteiger partial charge in [0.25, 0.3) is 0 Å². The molecule has 0 saturated heterocycles. The van der Waals surface area contributed by atoms with E-state index in [0.717, 1.165) is 77.0 Å². The van der Waals surface area contributed by atoms with Crippen LogP contribution in [0.3, 0.4) is 0 Å². The van der Waals surface area contributed by atoms with Gasteiger partial charge in [0.1, 0.15) is 13.2 Å². The quantitative estimate of drug-likeness (QED) is 0.0262. The molecular weight excluding hydrogens is 781 g/mol. The third-order valence-electron chi connectivity index (χ3n) is 11.2. The summed E-state index contributed by atoms with van der Waals surface area (Å²) in [6.07, 6.45) is 64.6. The Morgan fingerprint density at radius 3 is 1.05 bits per heavy atom. The number of esters is 3. The number of carbonyl (C=O) groups is 3. The summed E-state index contributed by atoms with van der Waals surface area (Å²) in [7, 11) is 0. The molecule has 0 aromatic rings. The second kappa shape index (κ2) is 51.5. The molecule has 0 N–H and O–H groups in total. The standard InChI is InChI=1S/C57H98O6/c1-4-7-10-13-16-19-22-24-26-28-30-32-35-37-40-43-46-49-55(58)61-52-54(63-57(60)51-48-45-42-39-34-21-18-15-12-9-6-3)53-62-56(59)50-47-44-41-38-36-33-31-29-27-25-23-20-17-14-11-8-5-2/h15-16,18-19,24-27,30,32,37,40,54H,4-14,17,20-23,28-29,31,33-36,38-39,41-53H2,1-3H3/b18-15-,19-16-,26-24-,27-25-,32-30-,40-37-/t54-/m1/s1. The van der Waals surface area contributed by atoms with Crippen LogP contribution in [0.5, 0.6) is 0 Å². The summed E-state index contributed by atoms with van der Waals surface area (Å²) in [5, 5.41) is 0. The number of rotatable bonds is 47. The minimum Gasteiger partial charge on any atom is -0.462 e. The second-order valence-electron chi connectivity index (χ2n) is 17.4. The van der Waals surface area contributed by atoms with E-state index in [0.29, 0.717) is 19.3 Å². The van der Waals surface area contributed by atoms with Gasteiger partial charge in [-0.15, -0.1) is 0 Å². The zero-order valence-corrected chi connectivity index (χ0v) is 41.3. The molecule has 0 fully saturated rings. The maximum atomic E-state index is 12.8. The fourth-order valence-electron chi connectivity index (χ4n) is 7.12. The summed E-state index contributed by atoms with van der Waals surface area (Å²) in [6.45, 7) is 6.51. The Kier molecular flexibility index (Phi) is 48.9. The van der Waals surface area contributed by atoms with Crippen molar-refractivity contribution in [1.29, 1.82) is 0 Å². The first kappa shape index (κ1) is 59.9. The first-order valence-electron chi connectivity index (χ1n) is 26.4. The number of hydrogen-bond donors (Lipinski definition) is 0. The fourth-order valence-corrected chi connectivity index (χ4v) is 7.12. The summed E-state index contributed by atoms with van der Waals surface area (Å²) < 4.78 is 16.7. The second-order valence-corrected chi connectivity index (χ2v) is 17.4. The van der Waals surface area contributed by atoms with E-state index in [9.17, 15) is 14.4 Å². The van der Waals surface area contributed by atoms with Crippen LogP contribution >= 0.6 is 0 Å². The van der Waals surface area contributed by atoms with Crippen molar-refractivity contribution in [2.45, 2.75) is 258 Å². The molecule has 0 aliphatic heterocycles. The van der Waals surface area contributed by atoms with E-state index in [4.69, 9.17) is 14.2 Å². The van der Waals surface area contributed by atoms with Crippen molar-refractivity contribution in [3.05, 3.63) is 72.9 Å². The molecule has 0 amide bonds. The molecular formula is C57H98O6. The van der Waals surface area contributed by atoms with Crippen molar-refractivity contribution in [1.82, 2.24) is 0 Å². The molecule has 6 heteroatoms. The summed E-state index contributed by atoms with van der Waals surface area (Å²) in [6, 6.07) is 0. The topological polar surface area (TPSA) is 78.9 Å². The third kappa shape index (κ3) is 49.7. The zero-order valence-electron chi connectivity index (χ0n) is 41.3. The molecule has 0 aliphatic carbocycles. The van der Waals surface area contributed by atoms with Gasteiger partial charge in [-0.3, -0.25) is 14.4 Å². The molecule has 0 heterocycles. The van der Waals surface area contributed by atoms with Gasteiger partial charge in [0.2, 0.25) is 0 Å². The molecule has 0 aromatic carbocycles. The monoisotopic (exact) mass is 879 g/mol. The molecule has 0 aromatic heterocycles. The minimum absolute atomic E-state index is 0.0980. The lowest BCUT2D eigenvalue weighted by Crippen LogP contribution is -2.30. The maximum Gasteiger partial charge on any atom is 0.306 e. The van der Waals surface area contributed by atoms with Crippen LogP contribution in [0.1, 0.15) is 252 Å². The Labute approximate surface area is 389 Å². The molecule has 1 atom stereocenters. The summed E-state index contributed by atoms with van der Waals surface area (Å²) >= 11 is 0. The highest BCUT2D eigenvalue weighted by Crippen LogP contribution is 2.14. The van der Waals surface area contributed by atoms with Crippen molar-refractivity contribution in [3.8, 4) is 0 Å². The smallest absolute Gasteiger partial charge is 0.306 e. The number of unbranched alkanes of at least 4 members (excludes halogenated alkanes) is 24. The SMILES string of the molecule is CCCC/C=C\CCCCCCCC(=O)O[C@H](COC(=O)CCC/C=C\C/C=C\C/C=C\C/C=C\CCCCC)COC(=O)CCCCCCCCC/C=C\CCCCCCCC. The lowest BCUT2D eigenvalue weighted by molar-refractivity contribution is -0.167. The minimum atomic E-state index is -0.802. The van der Waals surface area contributed by atoms with Gasteiger partial charge < -0.3 is 14.2 Å². The van der Waals surface area contributed by atoms with Crippen LogP contribution in [-0.4, -0.2) is 37.2 Å². The average molecular weight is 879 g/mol. The van der Waals surface area contributed by atoms with E-state index in [2.05, 4.69) is 93.7 Å². The van der Waals surface area contributed by atoms with E-state index in [-0.39, 0.29) is 37.5 Å². The maximum absolute atomic E-state index is 12.8. The van der Waals surface area contributed by atoms with Crippen molar-refractivity contribution >= 4 is 17.9 Å². The number of hydrogen-bond acceptors (Lipinski definition) is 6. The van der Waals surface area contributed by atoms with Gasteiger partial charge in [-0.25, -0.2) is 0 Å². The molecule has 0 rings (SSSR count). The zero-order chi connectivity index (χ0) is 45.8. The van der Waals surface area contributed by atoms with E-state index >= 15 is 0 Å². The predicted octanol–water partition coefficient (Wildman–Crippen LogP) is 17.4. The van der Waals surface area contributed by atoms with Crippen LogP contribution in [-0.2, 0) is 28.6 Å². The first-order valence-corrected chi connectivity index (χ1v) is 26.4. The van der Waals surface area contributed by atoms with E-state index in [1.807, 2.05) is 0 Å². The molecule has 6 nitrogen and oxygen atoms in total. The Hall–Kier alpha value is -3.15. The van der Waals surface area contributed by atoms with Gasteiger partial charge in [0, 0.05) is 19.3 Å². The molecule has 0 radical (unpaired) electrons. The summed E-state index contributed by atoms with van der Waals surface area (Å²) in [5.74, 6) is -0.969. The van der Waals surface area contributed by atoms with Crippen LogP contribution in [0, 0.1) is 0 Å². The lowest BCUT2D eigenvalue weighted by atomic mass is 10.1. The van der Waals surface area contributed by atoms with E-state index < -0.39 is 6.10 Å². The largest absolute Gasteiger partial charge is 0.462 e. The first-order chi connectivity index (χ1) is 31.0. The van der Waals surface area contributed by atoms with Gasteiger partial charge in [-0.1, -0.05) is 203 Å². The highest BCUT2D eigenvalue weighted by molar-refractivity contribution is 5.71. The van der Waals surface area contributed by atoms with Crippen molar-refractivity contribution in [3.63, 3.8) is 0 Å². The lowest BCUT2D eigenvalue weighted by Gasteiger charge is -2.18. The molecule has 0 unspecified atom stereocenters. The molecule has 0 aliphatic rings. The average Bonchev–Trinajstić information content (AvgIpc) is 3.28. The Balaban J connectivity index is 4.43. The van der Waals surface area contributed by atoms with Crippen LogP contribution in [0.25, 0.3) is 0 Å². The van der Waals surface area contributed by atoms with Crippen molar-refractivity contribution in [2.75, 3.05) is 13.2 Å². The van der Waals surface area contributed by atoms with E-state index in [1.54, 1.807) is 0 Å². The molecule has 0 bridgehead atoms. The normalized spacial score (nSPS) is 12.6. The fraction of sp³-hybridized carbons (Fsp3) is 0.737. The third-order valence-corrected chi connectivity index (χ3v) is 11.2. The van der Waals surface area contributed by atoms with Crippen LogP contribution in [0.2, 0.25) is 0 Å².